The molecule has 0 saturated heterocycles. The summed E-state index contributed by atoms with van der Waals surface area (Å²) in [7, 11) is 0. The standard InChI is InChI=1S/C10H8OS2/c1-6-7-4-2-3-5-8(7)13-9(6)10(11)12/h2-5H,1H3,(H,11,12). The van der Waals surface area contributed by atoms with Gasteiger partial charge in [-0.1, -0.05) is 30.8 Å². The molecule has 0 amide bonds. The molecule has 0 bridgehead atoms. The molecule has 0 spiro atoms. The van der Waals surface area contributed by atoms with Crippen LogP contribution < -0.4 is 0 Å². The van der Waals surface area contributed by atoms with Crippen LogP contribution in [0.5, 0.6) is 0 Å². The Labute approximate surface area is 85.8 Å². The summed E-state index contributed by atoms with van der Waals surface area (Å²) in [6.07, 6.45) is 0. The molecule has 0 aliphatic heterocycles. The maximum absolute atomic E-state index is 11.1. The van der Waals surface area contributed by atoms with Gasteiger partial charge in [-0.3, -0.25) is 4.79 Å². The summed E-state index contributed by atoms with van der Waals surface area (Å²) >= 11 is 5.35. The van der Waals surface area contributed by atoms with E-state index in [1.807, 2.05) is 31.2 Å². The number of carbonyl (C=O) groups excluding carboxylic acids is 1. The molecule has 0 N–H and O–H groups in total. The number of carbonyl (C=O) groups is 1. The zero-order chi connectivity index (χ0) is 9.42. The normalized spacial score (nSPS) is 10.6. The van der Waals surface area contributed by atoms with Crippen molar-refractivity contribution in [2.45, 2.75) is 6.92 Å². The van der Waals surface area contributed by atoms with Crippen molar-refractivity contribution in [1.82, 2.24) is 0 Å². The highest BCUT2D eigenvalue weighted by atomic mass is 32.1. The Morgan fingerprint density at radius 3 is 2.69 bits per heavy atom. The van der Waals surface area contributed by atoms with Gasteiger partial charge in [0.1, 0.15) is 0 Å². The summed E-state index contributed by atoms with van der Waals surface area (Å²) in [4.78, 5) is 11.9. The second kappa shape index (κ2) is 3.16. The number of aryl methyl sites for hydroxylation is 1. The van der Waals surface area contributed by atoms with Crippen LogP contribution in [0.25, 0.3) is 10.1 Å². The number of fused-ring (bicyclic) bond motifs is 1. The van der Waals surface area contributed by atoms with Crippen LogP contribution in [0.15, 0.2) is 24.3 Å². The second-order valence-corrected chi connectivity index (χ2v) is 4.32. The lowest BCUT2D eigenvalue weighted by Crippen LogP contribution is -1.85. The molecule has 0 unspecified atom stereocenters. The van der Waals surface area contributed by atoms with Gasteiger partial charge in [0.05, 0.1) is 4.88 Å². The fourth-order valence-electron chi connectivity index (χ4n) is 1.38. The van der Waals surface area contributed by atoms with Gasteiger partial charge in [0.25, 0.3) is 0 Å². The molecule has 0 atom stereocenters. The van der Waals surface area contributed by atoms with Crippen LogP contribution in [0.3, 0.4) is 0 Å². The largest absolute Gasteiger partial charge is 0.281 e. The minimum Gasteiger partial charge on any atom is -0.281 e. The summed E-state index contributed by atoms with van der Waals surface area (Å²) in [6, 6.07) is 8.01. The van der Waals surface area contributed by atoms with Gasteiger partial charge in [-0.05, 0) is 23.9 Å². The van der Waals surface area contributed by atoms with Crippen LogP contribution in [0, 0.1) is 6.92 Å². The number of thiophene rings is 1. The quantitative estimate of drug-likeness (QED) is 0.712. The molecule has 1 heterocycles. The summed E-state index contributed by atoms with van der Waals surface area (Å²) < 4.78 is 1.15. The number of hydrogen-bond donors (Lipinski definition) is 1. The van der Waals surface area contributed by atoms with Crippen LogP contribution in [0.1, 0.15) is 15.2 Å². The predicted octanol–water partition coefficient (Wildman–Crippen LogP) is 3.28. The molecule has 1 nitrogen and oxygen atoms in total. The molecule has 66 valence electrons. The van der Waals surface area contributed by atoms with Crippen LogP contribution in [-0.4, -0.2) is 5.12 Å². The molecular formula is C10H8OS2. The monoisotopic (exact) mass is 208 g/mol. The topological polar surface area (TPSA) is 17.1 Å². The fourth-order valence-corrected chi connectivity index (χ4v) is 2.73. The van der Waals surface area contributed by atoms with Crippen LogP contribution in [-0.2, 0) is 0 Å². The van der Waals surface area contributed by atoms with E-state index in [1.165, 1.54) is 11.3 Å². The average Bonchev–Trinajstić information content (AvgIpc) is 2.45. The van der Waals surface area contributed by atoms with E-state index in [1.54, 1.807) is 0 Å². The van der Waals surface area contributed by atoms with Crippen LogP contribution in [0.4, 0.5) is 0 Å². The minimum atomic E-state index is -0.140. The second-order valence-electron chi connectivity index (χ2n) is 2.86. The molecular weight excluding hydrogens is 200 g/mol. The highest BCUT2D eigenvalue weighted by Crippen LogP contribution is 2.31. The smallest absolute Gasteiger partial charge is 0.226 e. The Bertz CT molecular complexity index is 471. The molecule has 1 aromatic heterocycles. The van der Waals surface area contributed by atoms with Crippen molar-refractivity contribution in [2.24, 2.45) is 0 Å². The van der Waals surface area contributed by atoms with Gasteiger partial charge in [-0.2, -0.15) is 0 Å². The number of hydrogen-bond acceptors (Lipinski definition) is 2. The summed E-state index contributed by atoms with van der Waals surface area (Å²) in [6.45, 7) is 1.96. The molecule has 1 aromatic carbocycles. The van der Waals surface area contributed by atoms with E-state index >= 15 is 0 Å². The van der Waals surface area contributed by atoms with Crippen molar-refractivity contribution < 1.29 is 4.79 Å². The number of benzene rings is 1. The Hall–Kier alpha value is -0.800. The molecule has 0 saturated carbocycles. The van der Waals surface area contributed by atoms with Gasteiger partial charge in [0, 0.05) is 4.70 Å². The van der Waals surface area contributed by atoms with E-state index in [2.05, 4.69) is 12.6 Å². The van der Waals surface area contributed by atoms with Crippen molar-refractivity contribution in [2.75, 3.05) is 0 Å². The van der Waals surface area contributed by atoms with E-state index in [9.17, 15) is 4.79 Å². The van der Waals surface area contributed by atoms with Crippen molar-refractivity contribution in [3.63, 3.8) is 0 Å². The lowest BCUT2D eigenvalue weighted by Gasteiger charge is -1.90. The highest BCUT2D eigenvalue weighted by molar-refractivity contribution is 7.97. The third-order valence-electron chi connectivity index (χ3n) is 2.04. The zero-order valence-electron chi connectivity index (χ0n) is 7.07. The van der Waals surface area contributed by atoms with Crippen molar-refractivity contribution >= 4 is 39.2 Å². The molecule has 0 fully saturated rings. The molecule has 2 rings (SSSR count). The van der Waals surface area contributed by atoms with Gasteiger partial charge < -0.3 is 0 Å². The first-order chi connectivity index (χ1) is 6.20. The first kappa shape index (κ1) is 8.78. The molecule has 0 aliphatic carbocycles. The Morgan fingerprint density at radius 2 is 2.08 bits per heavy atom. The molecule has 0 aliphatic rings. The van der Waals surface area contributed by atoms with E-state index in [4.69, 9.17) is 0 Å². The summed E-state index contributed by atoms with van der Waals surface area (Å²) in [5, 5.41) is 1.02. The lowest BCUT2D eigenvalue weighted by molar-refractivity contribution is 0.109. The average molecular weight is 208 g/mol. The van der Waals surface area contributed by atoms with E-state index in [0.29, 0.717) is 0 Å². The van der Waals surface area contributed by atoms with Gasteiger partial charge >= 0.3 is 0 Å². The summed E-state index contributed by atoms with van der Waals surface area (Å²) in [5.41, 5.74) is 1.04. The first-order valence-corrected chi connectivity index (χ1v) is 5.18. The molecule has 2 aromatic rings. The highest BCUT2D eigenvalue weighted by Gasteiger charge is 2.11. The fraction of sp³-hybridized carbons (Fsp3) is 0.100. The minimum absolute atomic E-state index is 0.140. The van der Waals surface area contributed by atoms with Gasteiger partial charge in [-0.15, -0.1) is 11.3 Å². The van der Waals surface area contributed by atoms with Gasteiger partial charge in [0.15, 0.2) is 0 Å². The number of thiol groups is 1. The van der Waals surface area contributed by atoms with Gasteiger partial charge in [-0.25, -0.2) is 0 Å². The van der Waals surface area contributed by atoms with Crippen LogP contribution >= 0.6 is 24.0 Å². The van der Waals surface area contributed by atoms with Crippen LogP contribution in [0.2, 0.25) is 0 Å². The van der Waals surface area contributed by atoms with Gasteiger partial charge in [0.2, 0.25) is 5.12 Å². The third kappa shape index (κ3) is 1.38. The molecule has 3 heteroatoms. The number of rotatable bonds is 1. The molecule has 13 heavy (non-hydrogen) atoms. The SMILES string of the molecule is Cc1c(C(=O)S)sc2ccccc12. The Kier molecular flexibility index (Phi) is 2.14. The van der Waals surface area contributed by atoms with Crippen molar-refractivity contribution in [1.29, 1.82) is 0 Å². The predicted molar refractivity (Wildman–Crippen MR) is 59.9 cm³/mol. The maximum Gasteiger partial charge on any atom is 0.226 e. The Morgan fingerprint density at radius 1 is 1.38 bits per heavy atom. The first-order valence-electron chi connectivity index (χ1n) is 3.91. The maximum atomic E-state index is 11.1. The van der Waals surface area contributed by atoms with Crippen molar-refractivity contribution in [3.05, 3.63) is 34.7 Å². The zero-order valence-corrected chi connectivity index (χ0v) is 8.78. The lowest BCUT2D eigenvalue weighted by atomic mass is 10.1. The van der Waals surface area contributed by atoms with Crippen molar-refractivity contribution in [3.8, 4) is 0 Å². The third-order valence-corrected chi connectivity index (χ3v) is 3.68. The molecule has 0 radical (unpaired) electrons. The summed E-state index contributed by atoms with van der Waals surface area (Å²) in [5.74, 6) is 0. The van der Waals surface area contributed by atoms with E-state index in [-0.39, 0.29) is 5.12 Å². The Balaban J connectivity index is 2.81. The van der Waals surface area contributed by atoms with E-state index < -0.39 is 0 Å². The van der Waals surface area contributed by atoms with E-state index in [0.717, 1.165) is 20.5 Å².